The molecule has 9 aromatic rings. The Morgan fingerprint density at radius 3 is 1.34 bits per heavy atom. The summed E-state index contributed by atoms with van der Waals surface area (Å²) in [7, 11) is 0. The lowest BCUT2D eigenvalue weighted by Gasteiger charge is -2.32. The monoisotopic (exact) mass is 778 g/mol. The second kappa shape index (κ2) is 14.9. The molecule has 8 aromatic carbocycles. The molecule has 0 aliphatic heterocycles. The Balaban J connectivity index is 0.982. The van der Waals surface area contributed by atoms with Crippen LogP contribution in [-0.2, 0) is 5.41 Å². The molecule has 286 valence electrons. The van der Waals surface area contributed by atoms with Crippen molar-refractivity contribution < 1.29 is 0 Å². The maximum absolute atomic E-state index is 5.49. The lowest BCUT2D eigenvalue weighted by molar-refractivity contribution is 0.842. The standard InChI is InChI=1S/C57H38N4/c1-58-55(61-54-47-25-13-16-28-50(47)57(53(54)42-19-7-3-8-20-42)48-26-14-11-23-45(48)46-24-12-15-27-49(46)57)44-35-31-39(32-36-44)38-29-33-41(34-30-38)52-37-51(40-17-5-2-6-18-40)59-56(60-52)43-21-9-4-10-22-43/h2-37H,1H2. The van der Waals surface area contributed by atoms with E-state index in [-0.39, 0.29) is 0 Å². The summed E-state index contributed by atoms with van der Waals surface area (Å²) in [6.45, 7) is 4.05. The Bertz CT molecular complexity index is 3060. The number of aromatic nitrogens is 2. The molecule has 0 saturated heterocycles. The van der Waals surface area contributed by atoms with Crippen molar-refractivity contribution in [2.45, 2.75) is 5.41 Å². The Hall–Kier alpha value is -8.08. The van der Waals surface area contributed by atoms with Gasteiger partial charge in [-0.25, -0.2) is 20.0 Å². The summed E-state index contributed by atoms with van der Waals surface area (Å²) >= 11 is 0. The molecule has 61 heavy (non-hydrogen) atoms. The summed E-state index contributed by atoms with van der Waals surface area (Å²) in [5.41, 5.74) is 17.9. The van der Waals surface area contributed by atoms with Gasteiger partial charge in [-0.15, -0.1) is 0 Å². The van der Waals surface area contributed by atoms with Crippen LogP contribution in [0.3, 0.4) is 0 Å². The van der Waals surface area contributed by atoms with Crippen LogP contribution in [0.4, 0.5) is 0 Å². The summed E-state index contributed by atoms with van der Waals surface area (Å²) in [5.74, 6) is 1.27. The Morgan fingerprint density at radius 1 is 0.393 bits per heavy atom. The lowest BCUT2D eigenvalue weighted by Crippen LogP contribution is -2.26. The van der Waals surface area contributed by atoms with Gasteiger partial charge in [0.1, 0.15) is 0 Å². The largest absolute Gasteiger partial charge is 0.245 e. The van der Waals surface area contributed by atoms with Crippen LogP contribution in [-0.4, -0.2) is 22.5 Å². The van der Waals surface area contributed by atoms with E-state index in [4.69, 9.17) is 15.0 Å². The number of rotatable bonds is 7. The van der Waals surface area contributed by atoms with Gasteiger partial charge in [0.2, 0.25) is 0 Å². The van der Waals surface area contributed by atoms with E-state index in [1.165, 1.54) is 27.8 Å². The molecule has 0 atom stereocenters. The van der Waals surface area contributed by atoms with E-state index >= 15 is 0 Å². The fourth-order valence-electron chi connectivity index (χ4n) is 9.34. The first-order chi connectivity index (χ1) is 30.2. The Morgan fingerprint density at radius 2 is 0.803 bits per heavy atom. The molecule has 0 fully saturated rings. The topological polar surface area (TPSA) is 50.5 Å². The normalized spacial score (nSPS) is 13.5. The number of allylic oxidation sites excluding steroid dienone is 1. The van der Waals surface area contributed by atoms with Gasteiger partial charge < -0.3 is 0 Å². The number of hydrogen-bond acceptors (Lipinski definition) is 3. The minimum Gasteiger partial charge on any atom is -0.245 e. The number of hydrogen-bond donors (Lipinski definition) is 0. The van der Waals surface area contributed by atoms with E-state index in [1.54, 1.807) is 0 Å². The van der Waals surface area contributed by atoms with Crippen LogP contribution in [0.1, 0.15) is 33.4 Å². The van der Waals surface area contributed by atoms with E-state index in [0.29, 0.717) is 11.7 Å². The van der Waals surface area contributed by atoms with Gasteiger partial charge in [-0.3, -0.25) is 0 Å². The number of aliphatic imine (C=N–C) groups is 2. The average Bonchev–Trinajstić information content (AvgIpc) is 3.81. The van der Waals surface area contributed by atoms with Gasteiger partial charge in [0, 0.05) is 33.4 Å². The molecule has 1 aromatic heterocycles. The summed E-state index contributed by atoms with van der Waals surface area (Å²) in [5, 5.41) is 0. The van der Waals surface area contributed by atoms with Crippen molar-refractivity contribution in [3.63, 3.8) is 0 Å². The molecule has 0 amide bonds. The van der Waals surface area contributed by atoms with E-state index in [1.807, 2.05) is 36.4 Å². The van der Waals surface area contributed by atoms with E-state index < -0.39 is 5.41 Å². The van der Waals surface area contributed by atoms with Crippen molar-refractivity contribution in [3.05, 3.63) is 252 Å². The van der Waals surface area contributed by atoms with Gasteiger partial charge in [0.15, 0.2) is 11.7 Å². The zero-order valence-corrected chi connectivity index (χ0v) is 33.3. The number of amidine groups is 1. The van der Waals surface area contributed by atoms with Crippen LogP contribution in [0.25, 0.3) is 67.4 Å². The first-order valence-corrected chi connectivity index (χ1v) is 20.6. The highest BCUT2D eigenvalue weighted by atomic mass is 14.9. The highest BCUT2D eigenvalue weighted by molar-refractivity contribution is 6.13. The SMILES string of the molecule is C=NC(=NC1=C(c2ccccc2)C2(c3ccccc31)c1ccccc1-c1ccccc12)c1ccc(-c2ccc(-c3cc(-c4ccccc4)nc(-c4ccccc4)n3)cc2)cc1. The highest BCUT2D eigenvalue weighted by Crippen LogP contribution is 2.64. The van der Waals surface area contributed by atoms with Crippen LogP contribution in [0.5, 0.6) is 0 Å². The van der Waals surface area contributed by atoms with Crippen molar-refractivity contribution in [1.82, 2.24) is 9.97 Å². The molecular weight excluding hydrogens is 741 g/mol. The molecule has 11 rings (SSSR count). The predicted octanol–water partition coefficient (Wildman–Crippen LogP) is 13.5. The third kappa shape index (κ3) is 5.99. The van der Waals surface area contributed by atoms with Crippen molar-refractivity contribution >= 4 is 23.8 Å². The minimum atomic E-state index is -0.551. The van der Waals surface area contributed by atoms with Crippen LogP contribution < -0.4 is 0 Å². The molecule has 0 saturated carbocycles. The molecule has 4 heteroatoms. The second-order valence-electron chi connectivity index (χ2n) is 15.4. The molecule has 1 spiro atoms. The van der Waals surface area contributed by atoms with Crippen molar-refractivity contribution in [2.75, 3.05) is 0 Å². The van der Waals surface area contributed by atoms with Crippen LogP contribution in [0, 0.1) is 0 Å². The third-order valence-electron chi connectivity index (χ3n) is 12.1. The Labute approximate surface area is 355 Å². The molecule has 4 nitrogen and oxygen atoms in total. The molecular formula is C57H38N4. The predicted molar refractivity (Wildman–Crippen MR) is 251 cm³/mol. The maximum atomic E-state index is 5.49. The molecule has 1 heterocycles. The summed E-state index contributed by atoms with van der Waals surface area (Å²) in [4.78, 5) is 20.1. The molecule has 0 N–H and O–H groups in total. The minimum absolute atomic E-state index is 0.551. The van der Waals surface area contributed by atoms with E-state index in [0.717, 1.165) is 67.2 Å². The molecule has 0 radical (unpaired) electrons. The smallest absolute Gasteiger partial charge is 0.160 e. The number of nitrogens with zero attached hydrogens (tertiary/aromatic N) is 4. The second-order valence-corrected chi connectivity index (χ2v) is 15.4. The van der Waals surface area contributed by atoms with Gasteiger partial charge >= 0.3 is 0 Å². The first kappa shape index (κ1) is 36.0. The zero-order valence-electron chi connectivity index (χ0n) is 33.3. The van der Waals surface area contributed by atoms with Crippen molar-refractivity contribution in [3.8, 4) is 56.2 Å². The van der Waals surface area contributed by atoms with Gasteiger partial charge in [-0.2, -0.15) is 0 Å². The summed E-state index contributed by atoms with van der Waals surface area (Å²) in [6, 6.07) is 76.6. The van der Waals surface area contributed by atoms with Gasteiger partial charge in [-0.05, 0) is 57.3 Å². The van der Waals surface area contributed by atoms with Gasteiger partial charge in [-0.1, -0.05) is 212 Å². The molecule has 0 unspecified atom stereocenters. The van der Waals surface area contributed by atoms with E-state index in [9.17, 15) is 0 Å². The molecule has 0 bridgehead atoms. The quantitative estimate of drug-likeness (QED) is 0.119. The lowest BCUT2D eigenvalue weighted by atomic mass is 9.68. The maximum Gasteiger partial charge on any atom is 0.160 e. The Kier molecular flexibility index (Phi) is 8.83. The van der Waals surface area contributed by atoms with Crippen molar-refractivity contribution in [1.29, 1.82) is 0 Å². The van der Waals surface area contributed by atoms with Gasteiger partial charge in [0.05, 0.1) is 22.5 Å². The van der Waals surface area contributed by atoms with E-state index in [2.05, 4.69) is 194 Å². The van der Waals surface area contributed by atoms with Gasteiger partial charge in [0.25, 0.3) is 0 Å². The number of benzene rings is 8. The summed E-state index contributed by atoms with van der Waals surface area (Å²) < 4.78 is 0. The van der Waals surface area contributed by atoms with Crippen LogP contribution >= 0.6 is 0 Å². The average molecular weight is 779 g/mol. The van der Waals surface area contributed by atoms with Crippen LogP contribution in [0.15, 0.2) is 228 Å². The zero-order chi connectivity index (χ0) is 40.8. The van der Waals surface area contributed by atoms with Crippen molar-refractivity contribution in [2.24, 2.45) is 9.98 Å². The number of fused-ring (bicyclic) bond motifs is 7. The third-order valence-corrected chi connectivity index (χ3v) is 12.1. The fraction of sp³-hybridized carbons (Fsp3) is 0.0175. The first-order valence-electron chi connectivity index (χ1n) is 20.6. The highest BCUT2D eigenvalue weighted by Gasteiger charge is 2.53. The van der Waals surface area contributed by atoms with Crippen LogP contribution in [0.2, 0.25) is 0 Å². The molecule has 2 aliphatic carbocycles. The summed E-state index contributed by atoms with van der Waals surface area (Å²) in [6.07, 6.45) is 0. The molecule has 2 aliphatic rings. The fourth-order valence-corrected chi connectivity index (χ4v) is 9.34.